The van der Waals surface area contributed by atoms with E-state index >= 15 is 0 Å². The molecular formula is C14H18N2O. The minimum Gasteiger partial charge on any atom is -0.493 e. The first-order valence-electron chi connectivity index (χ1n) is 5.93. The predicted molar refractivity (Wildman–Crippen MR) is 71.1 cm³/mol. The second-order valence-corrected chi connectivity index (χ2v) is 4.61. The third-order valence-electron chi connectivity index (χ3n) is 2.76. The van der Waals surface area contributed by atoms with Crippen molar-refractivity contribution < 1.29 is 4.74 Å². The molecule has 2 rings (SSSR count). The number of hydrogen-bond donors (Lipinski definition) is 1. The largest absolute Gasteiger partial charge is 0.493 e. The van der Waals surface area contributed by atoms with Crippen LogP contribution < -0.4 is 10.5 Å². The number of ether oxygens (including phenoxy) is 1. The highest BCUT2D eigenvalue weighted by Crippen LogP contribution is 2.29. The van der Waals surface area contributed by atoms with Crippen molar-refractivity contribution in [1.82, 2.24) is 4.98 Å². The van der Waals surface area contributed by atoms with Gasteiger partial charge in [0.2, 0.25) is 0 Å². The number of nitrogen functional groups attached to an aromatic ring is 1. The lowest BCUT2D eigenvalue weighted by Crippen LogP contribution is -2.02. The number of aromatic nitrogens is 1. The fraction of sp³-hybridized carbons (Fsp3) is 0.357. The third-order valence-corrected chi connectivity index (χ3v) is 2.76. The Bertz CT molecular complexity index is 509. The quantitative estimate of drug-likeness (QED) is 0.820. The van der Waals surface area contributed by atoms with Crippen molar-refractivity contribution in [3.63, 3.8) is 0 Å². The van der Waals surface area contributed by atoms with Crippen LogP contribution in [-0.2, 0) is 0 Å². The van der Waals surface area contributed by atoms with Crippen LogP contribution >= 0.6 is 0 Å². The molecule has 1 aromatic heterocycles. The van der Waals surface area contributed by atoms with Gasteiger partial charge in [-0.3, -0.25) is 4.98 Å². The molecular weight excluding hydrogens is 212 g/mol. The van der Waals surface area contributed by atoms with Crippen molar-refractivity contribution in [1.29, 1.82) is 0 Å². The van der Waals surface area contributed by atoms with Crippen LogP contribution in [0.1, 0.15) is 20.3 Å². The maximum atomic E-state index is 5.92. The summed E-state index contributed by atoms with van der Waals surface area (Å²) in [6, 6.07) is 5.71. The molecule has 1 heterocycles. The molecule has 90 valence electrons. The molecule has 3 heteroatoms. The monoisotopic (exact) mass is 230 g/mol. The van der Waals surface area contributed by atoms with Gasteiger partial charge in [-0.25, -0.2) is 0 Å². The Kier molecular flexibility index (Phi) is 3.47. The van der Waals surface area contributed by atoms with Crippen LogP contribution in [0.15, 0.2) is 30.6 Å². The van der Waals surface area contributed by atoms with Crippen LogP contribution in [0.3, 0.4) is 0 Å². The summed E-state index contributed by atoms with van der Waals surface area (Å²) < 4.78 is 5.79. The Hall–Kier alpha value is -1.77. The lowest BCUT2D eigenvalue weighted by atomic mass is 10.1. The summed E-state index contributed by atoms with van der Waals surface area (Å²) in [6.07, 6.45) is 4.60. The molecule has 0 atom stereocenters. The number of anilines is 1. The molecule has 0 aliphatic carbocycles. The highest BCUT2D eigenvalue weighted by molar-refractivity contribution is 5.96. The first kappa shape index (κ1) is 11.7. The topological polar surface area (TPSA) is 48.1 Å². The summed E-state index contributed by atoms with van der Waals surface area (Å²) in [6.45, 7) is 5.10. The van der Waals surface area contributed by atoms with E-state index in [0.29, 0.717) is 5.92 Å². The third kappa shape index (κ3) is 2.67. The van der Waals surface area contributed by atoms with Gasteiger partial charge in [-0.1, -0.05) is 13.8 Å². The minimum atomic E-state index is 0.646. The average Bonchev–Trinajstić information content (AvgIpc) is 2.32. The van der Waals surface area contributed by atoms with E-state index in [0.717, 1.165) is 35.2 Å². The van der Waals surface area contributed by atoms with Crippen molar-refractivity contribution in [3.05, 3.63) is 30.6 Å². The van der Waals surface area contributed by atoms with Gasteiger partial charge in [0.1, 0.15) is 5.75 Å². The maximum Gasteiger partial charge on any atom is 0.128 e. The van der Waals surface area contributed by atoms with Crippen LogP contribution in [0, 0.1) is 5.92 Å². The molecule has 0 saturated carbocycles. The Morgan fingerprint density at radius 1 is 1.24 bits per heavy atom. The molecule has 0 aliphatic heterocycles. The van der Waals surface area contributed by atoms with E-state index in [1.807, 2.05) is 18.2 Å². The van der Waals surface area contributed by atoms with Crippen LogP contribution in [0.2, 0.25) is 0 Å². The van der Waals surface area contributed by atoms with Gasteiger partial charge < -0.3 is 10.5 Å². The molecule has 0 amide bonds. The molecule has 17 heavy (non-hydrogen) atoms. The second-order valence-electron chi connectivity index (χ2n) is 4.61. The number of fused-ring (bicyclic) bond motifs is 1. The maximum absolute atomic E-state index is 5.92. The molecule has 0 fully saturated rings. The summed E-state index contributed by atoms with van der Waals surface area (Å²) in [7, 11) is 0. The Morgan fingerprint density at radius 2 is 2.06 bits per heavy atom. The van der Waals surface area contributed by atoms with Gasteiger partial charge in [0, 0.05) is 28.9 Å². The lowest BCUT2D eigenvalue weighted by Gasteiger charge is -2.11. The molecule has 0 unspecified atom stereocenters. The van der Waals surface area contributed by atoms with Crippen molar-refractivity contribution in [3.8, 4) is 5.75 Å². The molecule has 0 aliphatic rings. The fourth-order valence-electron chi connectivity index (χ4n) is 1.72. The zero-order valence-corrected chi connectivity index (χ0v) is 10.3. The molecule has 2 N–H and O–H groups in total. The van der Waals surface area contributed by atoms with Crippen molar-refractivity contribution in [2.45, 2.75) is 20.3 Å². The van der Waals surface area contributed by atoms with Crippen LogP contribution in [0.5, 0.6) is 5.75 Å². The standard InChI is InChI=1S/C14H18N2O/c1-10(2)6-8-17-14-4-3-13(15)11-5-7-16-9-12(11)14/h3-5,7,9-10H,6,8,15H2,1-2H3. The van der Waals surface area contributed by atoms with E-state index in [9.17, 15) is 0 Å². The first-order chi connectivity index (χ1) is 8.18. The highest BCUT2D eigenvalue weighted by atomic mass is 16.5. The number of nitrogens with zero attached hydrogens (tertiary/aromatic N) is 1. The molecule has 2 aromatic rings. The van der Waals surface area contributed by atoms with Gasteiger partial charge in [-0.15, -0.1) is 0 Å². The van der Waals surface area contributed by atoms with E-state index in [1.165, 1.54) is 0 Å². The zero-order valence-electron chi connectivity index (χ0n) is 10.3. The predicted octanol–water partition coefficient (Wildman–Crippen LogP) is 3.24. The van der Waals surface area contributed by atoms with E-state index < -0.39 is 0 Å². The highest BCUT2D eigenvalue weighted by Gasteiger charge is 2.05. The molecule has 0 radical (unpaired) electrons. The Labute approximate surface area is 102 Å². The van der Waals surface area contributed by atoms with Gasteiger partial charge in [-0.2, -0.15) is 0 Å². The smallest absolute Gasteiger partial charge is 0.128 e. The average molecular weight is 230 g/mol. The SMILES string of the molecule is CC(C)CCOc1ccc(N)c2ccncc12. The molecule has 0 bridgehead atoms. The van der Waals surface area contributed by atoms with Gasteiger partial charge in [0.25, 0.3) is 0 Å². The van der Waals surface area contributed by atoms with Crippen LogP contribution in [-0.4, -0.2) is 11.6 Å². The van der Waals surface area contributed by atoms with E-state index in [2.05, 4.69) is 18.8 Å². The van der Waals surface area contributed by atoms with Crippen LogP contribution in [0.25, 0.3) is 10.8 Å². The number of pyridine rings is 1. The number of rotatable bonds is 4. The van der Waals surface area contributed by atoms with E-state index in [1.54, 1.807) is 12.4 Å². The summed E-state index contributed by atoms with van der Waals surface area (Å²) >= 11 is 0. The van der Waals surface area contributed by atoms with Gasteiger partial charge in [0.15, 0.2) is 0 Å². The fourth-order valence-corrected chi connectivity index (χ4v) is 1.72. The zero-order chi connectivity index (χ0) is 12.3. The van der Waals surface area contributed by atoms with Crippen LogP contribution in [0.4, 0.5) is 5.69 Å². The molecule has 1 aromatic carbocycles. The van der Waals surface area contributed by atoms with Crippen molar-refractivity contribution >= 4 is 16.5 Å². The number of nitrogens with two attached hydrogens (primary N) is 1. The van der Waals surface area contributed by atoms with E-state index in [-0.39, 0.29) is 0 Å². The number of hydrogen-bond acceptors (Lipinski definition) is 3. The summed E-state index contributed by atoms with van der Waals surface area (Å²) in [5.74, 6) is 1.51. The molecule has 0 spiro atoms. The summed E-state index contributed by atoms with van der Waals surface area (Å²) in [5, 5.41) is 1.98. The summed E-state index contributed by atoms with van der Waals surface area (Å²) in [4.78, 5) is 4.12. The summed E-state index contributed by atoms with van der Waals surface area (Å²) in [5.41, 5.74) is 6.68. The first-order valence-corrected chi connectivity index (χ1v) is 5.93. The molecule has 3 nitrogen and oxygen atoms in total. The Balaban J connectivity index is 2.26. The minimum absolute atomic E-state index is 0.646. The van der Waals surface area contributed by atoms with Gasteiger partial charge >= 0.3 is 0 Å². The second kappa shape index (κ2) is 5.04. The molecule has 0 saturated heterocycles. The van der Waals surface area contributed by atoms with Gasteiger partial charge in [-0.05, 0) is 30.5 Å². The lowest BCUT2D eigenvalue weighted by molar-refractivity contribution is 0.292. The van der Waals surface area contributed by atoms with E-state index in [4.69, 9.17) is 10.5 Å². The normalized spacial score (nSPS) is 11.0. The van der Waals surface area contributed by atoms with Crippen molar-refractivity contribution in [2.24, 2.45) is 5.92 Å². The number of benzene rings is 1. The van der Waals surface area contributed by atoms with Crippen molar-refractivity contribution in [2.75, 3.05) is 12.3 Å². The van der Waals surface area contributed by atoms with Gasteiger partial charge in [0.05, 0.1) is 6.61 Å². The Morgan fingerprint density at radius 3 is 2.82 bits per heavy atom.